The third-order valence-electron chi connectivity index (χ3n) is 9.19. The molecule has 0 spiro atoms. The molecular formula is C39H30N4O2. The zero-order valence-electron chi connectivity index (χ0n) is 25.6. The average molecular weight is 587 g/mol. The molecular weight excluding hydrogens is 556 g/mol. The summed E-state index contributed by atoms with van der Waals surface area (Å²) in [4.78, 5) is 8.50. The van der Waals surface area contributed by atoms with Gasteiger partial charge in [0.25, 0.3) is 0 Å². The fourth-order valence-corrected chi connectivity index (χ4v) is 7.86. The lowest BCUT2D eigenvalue weighted by Crippen LogP contribution is -2.24. The molecule has 0 fully saturated rings. The van der Waals surface area contributed by atoms with Crippen molar-refractivity contribution in [3.8, 4) is 29.1 Å². The summed E-state index contributed by atoms with van der Waals surface area (Å²) >= 11 is 0. The summed E-state index contributed by atoms with van der Waals surface area (Å²) < 4.78 is 12.7. The molecule has 2 aliphatic heterocycles. The van der Waals surface area contributed by atoms with Crippen LogP contribution in [0.1, 0.15) is 50.8 Å². The maximum Gasteiger partial charge on any atom is 0.230 e. The lowest BCUT2D eigenvalue weighted by molar-refractivity contribution is 0.403. The van der Waals surface area contributed by atoms with Gasteiger partial charge in [-0.05, 0) is 76.9 Å². The van der Waals surface area contributed by atoms with Gasteiger partial charge in [0.05, 0.1) is 52.3 Å². The fourth-order valence-electron chi connectivity index (χ4n) is 7.86. The van der Waals surface area contributed by atoms with Crippen molar-refractivity contribution in [2.75, 3.05) is 9.80 Å². The van der Waals surface area contributed by atoms with E-state index in [0.29, 0.717) is 34.2 Å². The Morgan fingerprint density at radius 1 is 0.622 bits per heavy atom. The summed E-state index contributed by atoms with van der Waals surface area (Å²) in [6, 6.07) is 34.2. The minimum absolute atomic E-state index is 0.324. The Kier molecular flexibility index (Phi) is 5.61. The number of nitriles is 1. The van der Waals surface area contributed by atoms with Crippen LogP contribution in [-0.2, 0) is 10.8 Å². The minimum Gasteiger partial charge on any atom is -0.453 e. The number of hydrogen-bond donors (Lipinski definition) is 0. The maximum absolute atomic E-state index is 11.1. The minimum atomic E-state index is -0.331. The zero-order valence-corrected chi connectivity index (χ0v) is 25.6. The van der Waals surface area contributed by atoms with E-state index in [1.807, 2.05) is 97.1 Å². The van der Waals surface area contributed by atoms with Gasteiger partial charge in [0.15, 0.2) is 23.0 Å². The van der Waals surface area contributed by atoms with Gasteiger partial charge in [0.1, 0.15) is 0 Å². The largest absolute Gasteiger partial charge is 0.453 e. The van der Waals surface area contributed by atoms with Crippen molar-refractivity contribution in [1.82, 2.24) is 0 Å². The molecule has 0 bridgehead atoms. The summed E-state index contributed by atoms with van der Waals surface area (Å²) in [5.74, 6) is 2.81. The van der Waals surface area contributed by atoms with Crippen molar-refractivity contribution in [3.63, 3.8) is 0 Å². The smallest absolute Gasteiger partial charge is 0.230 e. The van der Waals surface area contributed by atoms with E-state index in [2.05, 4.69) is 48.4 Å². The van der Waals surface area contributed by atoms with E-state index in [1.54, 1.807) is 0 Å². The van der Waals surface area contributed by atoms with E-state index in [4.69, 9.17) is 16.0 Å². The molecule has 6 heteroatoms. The molecule has 45 heavy (non-hydrogen) atoms. The normalized spacial score (nSPS) is 16.0. The number of benzene rings is 5. The number of ether oxygens (including phenoxy) is 2. The van der Waals surface area contributed by atoms with Gasteiger partial charge in [-0.1, -0.05) is 76.2 Å². The zero-order chi connectivity index (χ0) is 31.1. The van der Waals surface area contributed by atoms with E-state index in [1.165, 1.54) is 0 Å². The van der Waals surface area contributed by atoms with Gasteiger partial charge in [0, 0.05) is 0 Å². The summed E-state index contributed by atoms with van der Waals surface area (Å²) in [6.45, 7) is 17.7. The van der Waals surface area contributed by atoms with Crippen LogP contribution in [0.4, 0.5) is 39.8 Å². The number of fused-ring (bicyclic) bond motifs is 5. The lowest BCUT2D eigenvalue weighted by Gasteiger charge is -2.40. The topological polar surface area (TPSA) is 53.1 Å². The second-order valence-corrected chi connectivity index (χ2v) is 13.1. The molecule has 6 nitrogen and oxygen atoms in total. The lowest BCUT2D eigenvalue weighted by atomic mass is 9.81. The molecule has 5 aromatic rings. The van der Waals surface area contributed by atoms with E-state index in [0.717, 1.165) is 51.7 Å². The van der Waals surface area contributed by atoms with Crippen molar-refractivity contribution in [2.24, 2.45) is 0 Å². The van der Waals surface area contributed by atoms with E-state index >= 15 is 0 Å². The van der Waals surface area contributed by atoms with Gasteiger partial charge in [-0.15, -0.1) is 0 Å². The molecule has 0 saturated carbocycles. The van der Waals surface area contributed by atoms with Gasteiger partial charge < -0.3 is 19.3 Å². The predicted molar refractivity (Wildman–Crippen MR) is 178 cm³/mol. The molecule has 0 unspecified atom stereocenters. The highest BCUT2D eigenvalue weighted by molar-refractivity contribution is 6.02. The van der Waals surface area contributed by atoms with Crippen molar-refractivity contribution < 1.29 is 9.47 Å². The van der Waals surface area contributed by atoms with Crippen LogP contribution >= 0.6 is 0 Å². The average Bonchev–Trinajstić information content (AvgIpc) is 3.24. The third-order valence-corrected chi connectivity index (χ3v) is 9.19. The van der Waals surface area contributed by atoms with Crippen LogP contribution in [-0.4, -0.2) is 0 Å². The number of hydrogen-bond acceptors (Lipinski definition) is 5. The molecule has 0 atom stereocenters. The molecule has 8 rings (SSSR count). The van der Waals surface area contributed by atoms with Crippen LogP contribution in [0.5, 0.6) is 23.0 Å². The van der Waals surface area contributed by atoms with E-state index < -0.39 is 0 Å². The molecule has 218 valence electrons. The van der Waals surface area contributed by atoms with Crippen molar-refractivity contribution in [3.05, 3.63) is 125 Å². The first-order valence-electron chi connectivity index (χ1n) is 15.1. The SMILES string of the molecule is [C-]#[N+]c1c(C#N)c(N2c3ccccc3Oc3ccccc32)c2c(c1N1c3ccccc3Oc3ccccc31)C(C)(C)CC2(C)C. The summed E-state index contributed by atoms with van der Waals surface area (Å²) in [6.07, 6.45) is 0.836. The van der Waals surface area contributed by atoms with Crippen molar-refractivity contribution >= 4 is 39.8 Å². The molecule has 1 aliphatic carbocycles. The third kappa shape index (κ3) is 3.73. The number of nitrogens with zero attached hydrogens (tertiary/aromatic N) is 4. The second kappa shape index (κ2) is 9.39. The first-order valence-corrected chi connectivity index (χ1v) is 15.1. The monoisotopic (exact) mass is 586 g/mol. The maximum atomic E-state index is 11.1. The van der Waals surface area contributed by atoms with Gasteiger partial charge >= 0.3 is 0 Å². The Labute approximate surface area is 263 Å². The van der Waals surface area contributed by atoms with Crippen LogP contribution in [0.3, 0.4) is 0 Å². The van der Waals surface area contributed by atoms with Crippen LogP contribution < -0.4 is 19.3 Å². The Hall–Kier alpha value is -5.72. The Morgan fingerprint density at radius 2 is 0.978 bits per heavy atom. The summed E-state index contributed by atoms with van der Waals surface area (Å²) in [5.41, 5.74) is 6.98. The van der Waals surface area contributed by atoms with Gasteiger partial charge in [-0.3, -0.25) is 0 Å². The van der Waals surface area contributed by atoms with Gasteiger partial charge in [-0.25, -0.2) is 4.85 Å². The Morgan fingerprint density at radius 3 is 1.36 bits per heavy atom. The quantitative estimate of drug-likeness (QED) is 0.189. The number of rotatable bonds is 2. The van der Waals surface area contributed by atoms with Crippen LogP contribution in [0.15, 0.2) is 97.1 Å². The predicted octanol–water partition coefficient (Wildman–Crippen LogP) is 11.2. The highest BCUT2D eigenvalue weighted by Crippen LogP contribution is 2.65. The number of para-hydroxylation sites is 8. The second-order valence-electron chi connectivity index (χ2n) is 13.1. The molecule has 5 aromatic carbocycles. The molecule has 0 aromatic heterocycles. The van der Waals surface area contributed by atoms with E-state index in [-0.39, 0.29) is 10.8 Å². The molecule has 0 radical (unpaired) electrons. The Balaban J connectivity index is 1.55. The standard InChI is InChI=1S/C39H30N4O2/c1-38(2)23-39(3,4)34-33(38)36(42-25-14-6-10-18-29(25)44-30-19-11-7-15-26(30)42)24(22-40)35(41-5)37(34)43-27-16-8-12-20-31(27)45-32-21-13-9-17-28(32)43/h6-21H,23H2,1-4H3. The highest BCUT2D eigenvalue weighted by Gasteiger charge is 2.50. The van der Waals surface area contributed by atoms with Crippen LogP contribution in [0.2, 0.25) is 0 Å². The van der Waals surface area contributed by atoms with Crippen molar-refractivity contribution in [2.45, 2.75) is 44.9 Å². The number of anilines is 6. The molecule has 0 saturated heterocycles. The molecule has 2 heterocycles. The summed E-state index contributed by atoms with van der Waals surface area (Å²) in [7, 11) is 0. The van der Waals surface area contributed by atoms with Crippen LogP contribution in [0.25, 0.3) is 4.85 Å². The molecule has 0 amide bonds. The first-order chi connectivity index (χ1) is 21.7. The van der Waals surface area contributed by atoms with Gasteiger partial charge in [-0.2, -0.15) is 5.26 Å². The van der Waals surface area contributed by atoms with Crippen molar-refractivity contribution in [1.29, 1.82) is 5.26 Å². The Bertz CT molecular complexity index is 1910. The first kappa shape index (κ1) is 26.9. The molecule has 0 N–H and O–H groups in total. The fraction of sp³-hybridized carbons (Fsp3) is 0.179. The summed E-state index contributed by atoms with van der Waals surface area (Å²) in [5, 5.41) is 11.1. The highest BCUT2D eigenvalue weighted by atomic mass is 16.5. The van der Waals surface area contributed by atoms with E-state index in [9.17, 15) is 5.26 Å². The van der Waals surface area contributed by atoms with Gasteiger partial charge in [0.2, 0.25) is 5.69 Å². The van der Waals surface area contributed by atoms with Crippen LogP contribution in [0, 0.1) is 17.9 Å². The molecule has 3 aliphatic rings.